The summed E-state index contributed by atoms with van der Waals surface area (Å²) in [6, 6.07) is 7.02. The molecule has 2 aromatic rings. The normalized spacial score (nSPS) is 15.5. The van der Waals surface area contributed by atoms with Crippen LogP contribution in [-0.4, -0.2) is 26.4 Å². The van der Waals surface area contributed by atoms with Crippen LogP contribution in [0.3, 0.4) is 0 Å². The van der Waals surface area contributed by atoms with E-state index in [9.17, 15) is 0 Å². The van der Waals surface area contributed by atoms with E-state index in [1.165, 1.54) is 16.7 Å². The average Bonchev–Trinajstić information content (AvgIpc) is 2.97. The van der Waals surface area contributed by atoms with E-state index in [0.29, 0.717) is 6.04 Å². The zero-order valence-electron chi connectivity index (χ0n) is 10.1. The Balaban J connectivity index is 2.03. The van der Waals surface area contributed by atoms with E-state index < -0.39 is 0 Å². The zero-order valence-corrected chi connectivity index (χ0v) is 10.1. The summed E-state index contributed by atoms with van der Waals surface area (Å²) in [6.45, 7) is 6.53. The van der Waals surface area contributed by atoms with Gasteiger partial charge < -0.3 is 0 Å². The van der Waals surface area contributed by atoms with Gasteiger partial charge in [-0.15, -0.1) is 0 Å². The van der Waals surface area contributed by atoms with E-state index in [-0.39, 0.29) is 0 Å². The van der Waals surface area contributed by atoms with Crippen molar-refractivity contribution in [3.63, 3.8) is 0 Å². The van der Waals surface area contributed by atoms with E-state index in [1.807, 2.05) is 0 Å². The summed E-state index contributed by atoms with van der Waals surface area (Å²) in [6.07, 6.45) is 1.79. The van der Waals surface area contributed by atoms with Gasteiger partial charge in [0.2, 0.25) is 0 Å². The molecule has 0 bridgehead atoms. The number of aromatic nitrogens is 3. The SMILES string of the molecule is CC(C)N1Cc2cccc(-c3cn[nH]n3)c2C1. The first-order valence-electron chi connectivity index (χ1n) is 5.96. The first kappa shape index (κ1) is 10.5. The van der Waals surface area contributed by atoms with E-state index in [4.69, 9.17) is 0 Å². The quantitative estimate of drug-likeness (QED) is 0.857. The van der Waals surface area contributed by atoms with Crippen LogP contribution in [0.4, 0.5) is 0 Å². The molecule has 88 valence electrons. The Hall–Kier alpha value is -1.68. The standard InChI is InChI=1S/C13H16N4/c1-9(2)17-7-10-4-3-5-11(12(10)8-17)13-6-14-16-15-13/h3-6,9H,7-8H2,1-2H3,(H,14,15,16). The Morgan fingerprint density at radius 2 is 2.18 bits per heavy atom. The molecule has 4 heteroatoms. The lowest BCUT2D eigenvalue weighted by atomic mass is 10.0. The molecule has 1 aliphatic rings. The predicted molar refractivity (Wildman–Crippen MR) is 66.2 cm³/mol. The first-order chi connectivity index (χ1) is 8.25. The van der Waals surface area contributed by atoms with Crippen LogP contribution in [0.5, 0.6) is 0 Å². The lowest BCUT2D eigenvalue weighted by Crippen LogP contribution is -2.24. The van der Waals surface area contributed by atoms with Crippen molar-refractivity contribution in [1.29, 1.82) is 0 Å². The number of benzene rings is 1. The third kappa shape index (κ3) is 1.74. The highest BCUT2D eigenvalue weighted by Gasteiger charge is 2.24. The molecule has 0 fully saturated rings. The van der Waals surface area contributed by atoms with Gasteiger partial charge in [-0.3, -0.25) is 4.90 Å². The maximum atomic E-state index is 4.18. The topological polar surface area (TPSA) is 44.8 Å². The summed E-state index contributed by atoms with van der Waals surface area (Å²) in [5, 5.41) is 10.7. The minimum absolute atomic E-state index is 0.576. The molecule has 2 heterocycles. The summed E-state index contributed by atoms with van der Waals surface area (Å²) in [5.74, 6) is 0. The summed E-state index contributed by atoms with van der Waals surface area (Å²) in [5.41, 5.74) is 4.96. The Morgan fingerprint density at radius 3 is 2.88 bits per heavy atom. The molecule has 4 nitrogen and oxygen atoms in total. The summed E-state index contributed by atoms with van der Waals surface area (Å²) in [4.78, 5) is 2.47. The summed E-state index contributed by atoms with van der Waals surface area (Å²) in [7, 11) is 0. The van der Waals surface area contributed by atoms with Gasteiger partial charge in [-0.05, 0) is 25.0 Å². The van der Waals surface area contributed by atoms with Gasteiger partial charge in [-0.2, -0.15) is 15.4 Å². The fraction of sp³-hybridized carbons (Fsp3) is 0.385. The van der Waals surface area contributed by atoms with Crippen molar-refractivity contribution in [3.05, 3.63) is 35.5 Å². The lowest BCUT2D eigenvalue weighted by molar-refractivity contribution is 0.227. The molecule has 0 amide bonds. The maximum absolute atomic E-state index is 4.18. The molecule has 1 aromatic carbocycles. The van der Waals surface area contributed by atoms with Crippen LogP contribution >= 0.6 is 0 Å². The molecular formula is C13H16N4. The molecular weight excluding hydrogens is 212 g/mol. The van der Waals surface area contributed by atoms with Crippen LogP contribution in [-0.2, 0) is 13.1 Å². The molecule has 0 unspecified atom stereocenters. The fourth-order valence-electron chi connectivity index (χ4n) is 2.38. The maximum Gasteiger partial charge on any atom is 0.113 e. The van der Waals surface area contributed by atoms with Gasteiger partial charge in [-0.25, -0.2) is 0 Å². The van der Waals surface area contributed by atoms with Crippen molar-refractivity contribution in [2.45, 2.75) is 33.0 Å². The largest absolute Gasteiger partial charge is 0.292 e. The van der Waals surface area contributed by atoms with Gasteiger partial charge >= 0.3 is 0 Å². The Bertz CT molecular complexity index is 516. The minimum Gasteiger partial charge on any atom is -0.292 e. The predicted octanol–water partition coefficient (Wildman–Crippen LogP) is 2.20. The van der Waals surface area contributed by atoms with E-state index in [1.54, 1.807) is 6.20 Å². The number of fused-ring (bicyclic) bond motifs is 1. The molecule has 1 aliphatic heterocycles. The summed E-state index contributed by atoms with van der Waals surface area (Å²) >= 11 is 0. The van der Waals surface area contributed by atoms with Crippen LogP contribution in [0, 0.1) is 0 Å². The molecule has 0 radical (unpaired) electrons. The Kier molecular flexibility index (Phi) is 2.44. The Labute approximate surface area is 101 Å². The molecule has 0 saturated carbocycles. The van der Waals surface area contributed by atoms with Gasteiger partial charge in [0.05, 0.1) is 6.20 Å². The Morgan fingerprint density at radius 1 is 1.29 bits per heavy atom. The highest BCUT2D eigenvalue weighted by atomic mass is 15.3. The molecule has 0 spiro atoms. The number of H-pyrrole nitrogens is 1. The van der Waals surface area contributed by atoms with Crippen molar-refractivity contribution in [2.75, 3.05) is 0 Å². The molecule has 1 aromatic heterocycles. The molecule has 0 atom stereocenters. The van der Waals surface area contributed by atoms with Gasteiger partial charge in [0.15, 0.2) is 0 Å². The smallest absolute Gasteiger partial charge is 0.113 e. The molecule has 17 heavy (non-hydrogen) atoms. The second-order valence-corrected chi connectivity index (χ2v) is 4.80. The van der Waals surface area contributed by atoms with Crippen LogP contribution in [0.2, 0.25) is 0 Å². The van der Waals surface area contributed by atoms with Gasteiger partial charge in [0, 0.05) is 24.7 Å². The van der Waals surface area contributed by atoms with Crippen LogP contribution < -0.4 is 0 Å². The molecule has 0 saturated heterocycles. The van der Waals surface area contributed by atoms with Crippen LogP contribution in [0.25, 0.3) is 11.3 Å². The van der Waals surface area contributed by atoms with Crippen molar-refractivity contribution >= 4 is 0 Å². The minimum atomic E-state index is 0.576. The molecule has 1 N–H and O–H groups in total. The highest BCUT2D eigenvalue weighted by molar-refractivity contribution is 5.65. The molecule has 3 rings (SSSR count). The average molecular weight is 228 g/mol. The first-order valence-corrected chi connectivity index (χ1v) is 5.96. The summed E-state index contributed by atoms with van der Waals surface area (Å²) < 4.78 is 0. The van der Waals surface area contributed by atoms with Crippen LogP contribution in [0.15, 0.2) is 24.4 Å². The second kappa shape index (κ2) is 3.96. The van der Waals surface area contributed by atoms with Gasteiger partial charge in [0.1, 0.15) is 5.69 Å². The second-order valence-electron chi connectivity index (χ2n) is 4.80. The highest BCUT2D eigenvalue weighted by Crippen LogP contribution is 2.32. The lowest BCUT2D eigenvalue weighted by Gasteiger charge is -2.19. The van der Waals surface area contributed by atoms with E-state index >= 15 is 0 Å². The fourth-order valence-corrected chi connectivity index (χ4v) is 2.38. The number of hydrogen-bond acceptors (Lipinski definition) is 3. The van der Waals surface area contributed by atoms with E-state index in [0.717, 1.165) is 18.8 Å². The number of nitrogens with one attached hydrogen (secondary N) is 1. The van der Waals surface area contributed by atoms with Gasteiger partial charge in [-0.1, -0.05) is 18.2 Å². The number of rotatable bonds is 2. The number of hydrogen-bond donors (Lipinski definition) is 1. The van der Waals surface area contributed by atoms with Crippen molar-refractivity contribution in [2.24, 2.45) is 0 Å². The van der Waals surface area contributed by atoms with Crippen molar-refractivity contribution in [3.8, 4) is 11.3 Å². The zero-order chi connectivity index (χ0) is 11.8. The third-order valence-electron chi connectivity index (χ3n) is 3.43. The van der Waals surface area contributed by atoms with Crippen molar-refractivity contribution in [1.82, 2.24) is 20.3 Å². The monoisotopic (exact) mass is 228 g/mol. The number of nitrogens with zero attached hydrogens (tertiary/aromatic N) is 3. The third-order valence-corrected chi connectivity index (χ3v) is 3.43. The molecule has 0 aliphatic carbocycles. The van der Waals surface area contributed by atoms with E-state index in [2.05, 4.69) is 52.4 Å². The van der Waals surface area contributed by atoms with Gasteiger partial charge in [0.25, 0.3) is 0 Å². The number of aromatic amines is 1. The van der Waals surface area contributed by atoms with Crippen LogP contribution in [0.1, 0.15) is 25.0 Å². The van der Waals surface area contributed by atoms with Crippen molar-refractivity contribution < 1.29 is 0 Å².